The molecule has 230 valence electrons. The summed E-state index contributed by atoms with van der Waals surface area (Å²) in [6, 6.07) is 12.3. The van der Waals surface area contributed by atoms with E-state index in [1.165, 1.54) is 6.42 Å². The van der Waals surface area contributed by atoms with Gasteiger partial charge in [-0.05, 0) is 82.2 Å². The van der Waals surface area contributed by atoms with E-state index in [1.807, 2.05) is 38.1 Å². The van der Waals surface area contributed by atoms with Crippen molar-refractivity contribution in [3.63, 3.8) is 0 Å². The molecule has 0 saturated heterocycles. The number of ether oxygens (including phenoxy) is 1. The summed E-state index contributed by atoms with van der Waals surface area (Å²) in [5.41, 5.74) is 1.87. The molecule has 42 heavy (non-hydrogen) atoms. The van der Waals surface area contributed by atoms with Gasteiger partial charge in [-0.3, -0.25) is 9.59 Å². The van der Waals surface area contributed by atoms with Crippen LogP contribution in [0.3, 0.4) is 0 Å². The van der Waals surface area contributed by atoms with Crippen LogP contribution in [0.1, 0.15) is 103 Å². The summed E-state index contributed by atoms with van der Waals surface area (Å²) < 4.78 is 5.52. The maximum absolute atomic E-state index is 14.6. The minimum Gasteiger partial charge on any atom is -0.508 e. The maximum Gasteiger partial charge on any atom is 0.408 e. The second-order valence-corrected chi connectivity index (χ2v) is 12.4. The molecule has 8 nitrogen and oxygen atoms in total. The van der Waals surface area contributed by atoms with Gasteiger partial charge in [0.15, 0.2) is 0 Å². The Bertz CT molecular complexity index is 1170. The van der Waals surface area contributed by atoms with Gasteiger partial charge in [0.25, 0.3) is 0 Å². The first-order valence-corrected chi connectivity index (χ1v) is 15.4. The molecule has 3 rings (SSSR count). The minimum absolute atomic E-state index is 0.0743. The summed E-state index contributed by atoms with van der Waals surface area (Å²) in [6.45, 7) is 11.3. The molecule has 2 aromatic carbocycles. The molecule has 0 heterocycles. The predicted molar refractivity (Wildman–Crippen MR) is 165 cm³/mol. The zero-order chi connectivity index (χ0) is 30.9. The number of phenols is 1. The average molecular weight is 580 g/mol. The van der Waals surface area contributed by atoms with E-state index in [1.54, 1.807) is 49.9 Å². The Morgan fingerprint density at radius 2 is 1.55 bits per heavy atom. The fourth-order valence-corrected chi connectivity index (χ4v) is 5.39. The first kappa shape index (κ1) is 33.0. The lowest BCUT2D eigenvalue weighted by Crippen LogP contribution is -2.56. The number of rotatable bonds is 11. The summed E-state index contributed by atoms with van der Waals surface area (Å²) in [4.78, 5) is 43.3. The Morgan fingerprint density at radius 3 is 2.10 bits per heavy atom. The van der Waals surface area contributed by atoms with Crippen LogP contribution < -0.4 is 10.6 Å². The Morgan fingerprint density at radius 1 is 0.952 bits per heavy atom. The summed E-state index contributed by atoms with van der Waals surface area (Å²) in [5.74, 6) is -0.468. The molecule has 8 heteroatoms. The number of hydrogen-bond acceptors (Lipinski definition) is 5. The molecule has 3 N–H and O–H groups in total. The van der Waals surface area contributed by atoms with Gasteiger partial charge in [0, 0.05) is 18.5 Å². The van der Waals surface area contributed by atoms with Crippen molar-refractivity contribution in [2.75, 3.05) is 0 Å². The third kappa shape index (κ3) is 9.50. The lowest BCUT2D eigenvalue weighted by molar-refractivity contribution is -0.145. The fourth-order valence-electron chi connectivity index (χ4n) is 5.39. The van der Waals surface area contributed by atoms with Crippen LogP contribution in [0.25, 0.3) is 0 Å². The van der Waals surface area contributed by atoms with Crippen molar-refractivity contribution in [3.05, 3.63) is 65.2 Å². The van der Waals surface area contributed by atoms with Crippen LogP contribution in [0.2, 0.25) is 0 Å². The lowest BCUT2D eigenvalue weighted by Gasteiger charge is -2.39. The fraction of sp³-hybridized carbons (Fsp3) is 0.559. The Hall–Kier alpha value is -3.55. The van der Waals surface area contributed by atoms with E-state index in [-0.39, 0.29) is 36.1 Å². The third-order valence-corrected chi connectivity index (χ3v) is 7.87. The second-order valence-electron chi connectivity index (χ2n) is 12.4. The normalized spacial score (nSPS) is 16.1. The van der Waals surface area contributed by atoms with E-state index in [0.29, 0.717) is 6.42 Å². The topological polar surface area (TPSA) is 108 Å². The van der Waals surface area contributed by atoms with E-state index in [9.17, 15) is 19.5 Å². The zero-order valence-corrected chi connectivity index (χ0v) is 26.1. The van der Waals surface area contributed by atoms with Crippen LogP contribution in [0.5, 0.6) is 5.75 Å². The van der Waals surface area contributed by atoms with Gasteiger partial charge in [0.1, 0.15) is 23.4 Å². The molecule has 1 aliphatic carbocycles. The maximum atomic E-state index is 14.6. The van der Waals surface area contributed by atoms with Crippen LogP contribution in [-0.4, -0.2) is 51.6 Å². The largest absolute Gasteiger partial charge is 0.508 e. The van der Waals surface area contributed by atoms with E-state index in [0.717, 1.165) is 48.8 Å². The zero-order valence-electron chi connectivity index (χ0n) is 26.1. The van der Waals surface area contributed by atoms with Crippen LogP contribution >= 0.6 is 0 Å². The van der Waals surface area contributed by atoms with Crippen LogP contribution in [0.15, 0.2) is 48.5 Å². The number of alkyl carbamates (subject to hydrolysis) is 1. The number of phenolic OH excluding ortho intramolecular Hbond substituents is 1. The Labute approximate surface area is 251 Å². The molecule has 1 fully saturated rings. The summed E-state index contributed by atoms with van der Waals surface area (Å²) in [6.07, 6.45) is 6.10. The van der Waals surface area contributed by atoms with Gasteiger partial charge >= 0.3 is 6.09 Å². The first-order chi connectivity index (χ1) is 19.9. The molecule has 0 radical (unpaired) electrons. The number of benzene rings is 2. The molecular formula is C34H49N3O5. The highest BCUT2D eigenvalue weighted by atomic mass is 16.6. The molecular weight excluding hydrogens is 530 g/mol. The highest BCUT2D eigenvalue weighted by Crippen LogP contribution is 2.29. The summed E-state index contributed by atoms with van der Waals surface area (Å²) in [7, 11) is 0. The van der Waals surface area contributed by atoms with Gasteiger partial charge in [0.05, 0.1) is 0 Å². The highest BCUT2D eigenvalue weighted by molar-refractivity contribution is 5.92. The van der Waals surface area contributed by atoms with Gasteiger partial charge in [-0.2, -0.15) is 0 Å². The van der Waals surface area contributed by atoms with Gasteiger partial charge < -0.3 is 25.4 Å². The molecule has 1 aliphatic rings. The number of nitrogens with one attached hydrogen (secondary N) is 2. The molecule has 1 saturated carbocycles. The third-order valence-electron chi connectivity index (χ3n) is 7.87. The number of aryl methyl sites for hydroxylation is 1. The van der Waals surface area contributed by atoms with E-state index in [2.05, 4.69) is 17.6 Å². The van der Waals surface area contributed by atoms with Crippen molar-refractivity contribution < 1.29 is 24.2 Å². The van der Waals surface area contributed by atoms with Gasteiger partial charge in [-0.15, -0.1) is 0 Å². The Balaban J connectivity index is 2.04. The standard InChI is InChI=1S/C34H49N3O5/c1-7-23(3)37(30(26-18-14-24(8-2)15-19-26)31(39)35-27-12-10-9-11-13-27)32(40)29(36-33(41)42-34(4,5)6)22-25-16-20-28(38)21-17-25/h14-21,23,27,29-30,38H,7-13,22H2,1-6H3,(H,35,39)(H,36,41). The van der Waals surface area contributed by atoms with E-state index < -0.39 is 23.8 Å². The number of amides is 3. The summed E-state index contributed by atoms with van der Waals surface area (Å²) >= 11 is 0. The molecule has 0 aliphatic heterocycles. The first-order valence-electron chi connectivity index (χ1n) is 15.4. The SMILES string of the molecule is CCc1ccc(C(C(=O)NC2CCCCC2)N(C(=O)C(Cc2ccc(O)cc2)NC(=O)OC(C)(C)C)C(C)CC)cc1. The smallest absolute Gasteiger partial charge is 0.408 e. The second kappa shape index (κ2) is 15.1. The van der Waals surface area contributed by atoms with Crippen LogP contribution in [0, 0.1) is 0 Å². The number of carbonyl (C=O) groups excluding carboxylic acids is 3. The highest BCUT2D eigenvalue weighted by Gasteiger charge is 2.39. The lowest BCUT2D eigenvalue weighted by atomic mass is 9.93. The van der Waals surface area contributed by atoms with Gasteiger partial charge in [-0.1, -0.05) is 69.5 Å². The molecule has 3 atom stereocenters. The molecule has 0 aromatic heterocycles. The monoisotopic (exact) mass is 579 g/mol. The number of nitrogens with zero attached hydrogens (tertiary/aromatic N) is 1. The van der Waals surface area contributed by atoms with Crippen molar-refractivity contribution in [3.8, 4) is 5.75 Å². The number of hydrogen-bond donors (Lipinski definition) is 3. The molecule has 0 bridgehead atoms. The average Bonchev–Trinajstić information content (AvgIpc) is 2.95. The van der Waals surface area contributed by atoms with Crippen molar-refractivity contribution >= 4 is 17.9 Å². The van der Waals surface area contributed by atoms with E-state index >= 15 is 0 Å². The van der Waals surface area contributed by atoms with Crippen LogP contribution in [-0.2, 0) is 27.2 Å². The van der Waals surface area contributed by atoms with Gasteiger partial charge in [0.2, 0.25) is 11.8 Å². The quantitative estimate of drug-likeness (QED) is 0.293. The summed E-state index contributed by atoms with van der Waals surface area (Å²) in [5, 5.41) is 15.8. The molecule has 0 spiro atoms. The molecule has 3 unspecified atom stereocenters. The van der Waals surface area contributed by atoms with Crippen molar-refractivity contribution in [2.24, 2.45) is 0 Å². The van der Waals surface area contributed by atoms with E-state index in [4.69, 9.17) is 4.74 Å². The van der Waals surface area contributed by atoms with Crippen molar-refractivity contribution in [1.29, 1.82) is 0 Å². The number of aromatic hydroxyl groups is 1. The molecule has 2 aromatic rings. The minimum atomic E-state index is -1.00. The Kier molecular flexibility index (Phi) is 11.8. The van der Waals surface area contributed by atoms with Crippen molar-refractivity contribution in [1.82, 2.24) is 15.5 Å². The van der Waals surface area contributed by atoms with Gasteiger partial charge in [-0.25, -0.2) is 4.79 Å². The predicted octanol–water partition coefficient (Wildman–Crippen LogP) is 6.21. The van der Waals surface area contributed by atoms with Crippen molar-refractivity contribution in [2.45, 2.75) is 123 Å². The van der Waals surface area contributed by atoms with Crippen LogP contribution in [0.4, 0.5) is 4.79 Å². The molecule has 3 amide bonds. The number of carbonyl (C=O) groups is 3.